The van der Waals surface area contributed by atoms with Gasteiger partial charge in [0.05, 0.1) is 17.5 Å². The van der Waals surface area contributed by atoms with E-state index in [1.165, 1.54) is 23.5 Å². The van der Waals surface area contributed by atoms with Crippen LogP contribution >= 0.6 is 11.3 Å². The van der Waals surface area contributed by atoms with Gasteiger partial charge in [-0.15, -0.1) is 11.3 Å². The molecule has 0 N–H and O–H groups in total. The van der Waals surface area contributed by atoms with Gasteiger partial charge in [0, 0.05) is 11.6 Å². The predicted molar refractivity (Wildman–Crippen MR) is 68.9 cm³/mol. The number of imide groups is 1. The first kappa shape index (κ1) is 12.5. The summed E-state index contributed by atoms with van der Waals surface area (Å²) in [6.45, 7) is 0. The number of hydrogen-bond donors (Lipinski definition) is 0. The van der Waals surface area contributed by atoms with Crippen LogP contribution in [0.4, 0.5) is 0 Å². The van der Waals surface area contributed by atoms with Crippen molar-refractivity contribution in [3.63, 3.8) is 0 Å². The van der Waals surface area contributed by atoms with E-state index in [-0.39, 0.29) is 17.5 Å². The first-order chi connectivity index (χ1) is 9.66. The van der Waals surface area contributed by atoms with Gasteiger partial charge in [0.2, 0.25) is 0 Å². The summed E-state index contributed by atoms with van der Waals surface area (Å²) in [5.41, 5.74) is 0.471. The highest BCUT2D eigenvalue weighted by Gasteiger charge is 2.38. The number of hydroxylamine groups is 2. The Morgan fingerprint density at radius 1 is 1.20 bits per heavy atom. The molecule has 0 spiro atoms. The molecule has 0 radical (unpaired) electrons. The predicted octanol–water partition coefficient (Wildman–Crippen LogP) is 1.44. The third kappa shape index (κ3) is 2.08. The van der Waals surface area contributed by atoms with Crippen LogP contribution in [0.5, 0.6) is 0 Å². The molecule has 2 aromatic rings. The standard InChI is InChI=1S/C13H8N2O4S/c16-11(7-10-14-5-6-20-10)19-15-12(17)8-3-1-2-4-9(8)13(15)18/h1-6H,7H2. The molecule has 1 aromatic carbocycles. The first-order valence-corrected chi connectivity index (χ1v) is 6.62. The molecule has 0 saturated carbocycles. The zero-order valence-electron chi connectivity index (χ0n) is 10.1. The normalized spacial score (nSPS) is 13.5. The van der Waals surface area contributed by atoms with Crippen molar-refractivity contribution < 1.29 is 19.2 Å². The van der Waals surface area contributed by atoms with Gasteiger partial charge in [-0.3, -0.25) is 9.59 Å². The average molecular weight is 288 g/mol. The second-order valence-corrected chi connectivity index (χ2v) is 5.00. The van der Waals surface area contributed by atoms with Gasteiger partial charge in [0.1, 0.15) is 5.01 Å². The molecule has 2 amide bonds. The van der Waals surface area contributed by atoms with Crippen molar-refractivity contribution in [3.8, 4) is 0 Å². The summed E-state index contributed by atoms with van der Waals surface area (Å²) in [5.74, 6) is -1.95. The molecule has 6 nitrogen and oxygen atoms in total. The van der Waals surface area contributed by atoms with E-state index < -0.39 is 17.8 Å². The van der Waals surface area contributed by atoms with E-state index in [9.17, 15) is 14.4 Å². The van der Waals surface area contributed by atoms with Crippen LogP contribution in [-0.4, -0.2) is 27.8 Å². The number of hydrogen-bond acceptors (Lipinski definition) is 6. The number of rotatable bonds is 3. The minimum atomic E-state index is -0.700. The summed E-state index contributed by atoms with van der Waals surface area (Å²) in [6.07, 6.45) is 1.49. The quantitative estimate of drug-likeness (QED) is 0.799. The van der Waals surface area contributed by atoms with Gasteiger partial charge in [-0.05, 0) is 12.1 Å². The Balaban J connectivity index is 1.75. The van der Waals surface area contributed by atoms with Crippen LogP contribution in [0, 0.1) is 0 Å². The Bertz CT molecular complexity index is 661. The molecule has 0 fully saturated rings. The number of aromatic nitrogens is 1. The molecule has 1 aliphatic rings. The molecule has 2 heterocycles. The van der Waals surface area contributed by atoms with Crippen molar-refractivity contribution in [3.05, 3.63) is 52.0 Å². The molecular formula is C13H8N2O4S. The van der Waals surface area contributed by atoms with Crippen molar-refractivity contribution in [2.75, 3.05) is 0 Å². The van der Waals surface area contributed by atoms with E-state index in [1.54, 1.807) is 23.7 Å². The second-order valence-electron chi connectivity index (χ2n) is 4.02. The Hall–Kier alpha value is -2.54. The van der Waals surface area contributed by atoms with Crippen LogP contribution < -0.4 is 0 Å². The molecule has 0 unspecified atom stereocenters. The van der Waals surface area contributed by atoms with Gasteiger partial charge in [0.25, 0.3) is 11.8 Å². The van der Waals surface area contributed by atoms with E-state index in [2.05, 4.69) is 4.98 Å². The molecule has 100 valence electrons. The van der Waals surface area contributed by atoms with Gasteiger partial charge in [-0.25, -0.2) is 9.78 Å². The Morgan fingerprint density at radius 2 is 1.85 bits per heavy atom. The van der Waals surface area contributed by atoms with E-state index in [1.807, 2.05) is 0 Å². The lowest BCUT2D eigenvalue weighted by Gasteiger charge is -2.11. The highest BCUT2D eigenvalue weighted by molar-refractivity contribution is 7.09. The van der Waals surface area contributed by atoms with Crippen molar-refractivity contribution in [1.29, 1.82) is 0 Å². The number of nitrogens with zero attached hydrogens (tertiary/aromatic N) is 2. The van der Waals surface area contributed by atoms with Crippen molar-refractivity contribution in [1.82, 2.24) is 10.0 Å². The van der Waals surface area contributed by atoms with Crippen LogP contribution in [0.3, 0.4) is 0 Å². The lowest BCUT2D eigenvalue weighted by atomic mass is 10.1. The Morgan fingerprint density at radius 3 is 2.40 bits per heavy atom. The van der Waals surface area contributed by atoms with Crippen LogP contribution in [0.25, 0.3) is 0 Å². The maximum atomic E-state index is 12.0. The summed E-state index contributed by atoms with van der Waals surface area (Å²) in [5, 5.41) is 2.79. The zero-order chi connectivity index (χ0) is 14.1. The molecule has 7 heteroatoms. The van der Waals surface area contributed by atoms with E-state index in [4.69, 9.17) is 4.84 Å². The number of thiazole rings is 1. The summed E-state index contributed by atoms with van der Waals surface area (Å²) < 4.78 is 0. The Kier molecular flexibility index (Phi) is 3.03. The summed E-state index contributed by atoms with van der Waals surface area (Å²) in [6, 6.07) is 6.32. The lowest BCUT2D eigenvalue weighted by molar-refractivity contribution is -0.167. The molecule has 0 atom stereocenters. The number of benzene rings is 1. The van der Waals surface area contributed by atoms with Crippen molar-refractivity contribution in [2.24, 2.45) is 0 Å². The molecular weight excluding hydrogens is 280 g/mol. The van der Waals surface area contributed by atoms with Crippen molar-refractivity contribution in [2.45, 2.75) is 6.42 Å². The molecule has 20 heavy (non-hydrogen) atoms. The van der Waals surface area contributed by atoms with Crippen LogP contribution in [0.15, 0.2) is 35.8 Å². The van der Waals surface area contributed by atoms with E-state index >= 15 is 0 Å². The third-order valence-corrected chi connectivity index (χ3v) is 3.51. The third-order valence-electron chi connectivity index (χ3n) is 2.73. The highest BCUT2D eigenvalue weighted by atomic mass is 32.1. The summed E-state index contributed by atoms with van der Waals surface area (Å²) >= 11 is 1.30. The van der Waals surface area contributed by atoms with Gasteiger partial charge in [-0.2, -0.15) is 0 Å². The van der Waals surface area contributed by atoms with Gasteiger partial charge in [-0.1, -0.05) is 17.2 Å². The van der Waals surface area contributed by atoms with Crippen LogP contribution in [0.1, 0.15) is 25.7 Å². The van der Waals surface area contributed by atoms with Crippen LogP contribution in [0.2, 0.25) is 0 Å². The fraction of sp³-hybridized carbons (Fsp3) is 0.0769. The molecule has 3 rings (SSSR count). The Labute approximate surface area is 117 Å². The fourth-order valence-corrected chi connectivity index (χ4v) is 2.45. The summed E-state index contributed by atoms with van der Waals surface area (Å²) in [7, 11) is 0. The smallest absolute Gasteiger partial charge is 0.329 e. The monoisotopic (exact) mass is 288 g/mol. The molecule has 0 bridgehead atoms. The average Bonchev–Trinajstić information content (AvgIpc) is 3.03. The highest BCUT2D eigenvalue weighted by Crippen LogP contribution is 2.22. The van der Waals surface area contributed by atoms with E-state index in [0.29, 0.717) is 10.1 Å². The maximum absolute atomic E-state index is 12.0. The lowest BCUT2D eigenvalue weighted by Crippen LogP contribution is -2.33. The maximum Gasteiger partial charge on any atom is 0.340 e. The largest absolute Gasteiger partial charge is 0.340 e. The topological polar surface area (TPSA) is 76.6 Å². The minimum absolute atomic E-state index is 0.0783. The molecule has 0 aliphatic carbocycles. The number of fused-ring (bicyclic) bond motifs is 1. The van der Waals surface area contributed by atoms with Crippen molar-refractivity contribution >= 4 is 29.1 Å². The molecule has 1 aromatic heterocycles. The first-order valence-electron chi connectivity index (χ1n) is 5.74. The number of amides is 2. The molecule has 1 aliphatic heterocycles. The second kappa shape index (κ2) is 4.86. The number of carbonyl (C=O) groups excluding carboxylic acids is 3. The minimum Gasteiger partial charge on any atom is -0.329 e. The van der Waals surface area contributed by atoms with E-state index in [0.717, 1.165) is 0 Å². The van der Waals surface area contributed by atoms with Gasteiger partial charge in [0.15, 0.2) is 0 Å². The van der Waals surface area contributed by atoms with Gasteiger partial charge >= 0.3 is 5.97 Å². The number of carbonyl (C=O) groups is 3. The molecule has 0 saturated heterocycles. The van der Waals surface area contributed by atoms with Crippen LogP contribution in [-0.2, 0) is 16.1 Å². The fourth-order valence-electron chi connectivity index (χ4n) is 1.85. The summed E-state index contributed by atoms with van der Waals surface area (Å²) in [4.78, 5) is 44.4. The SMILES string of the molecule is O=C(Cc1nccs1)ON1C(=O)c2ccccc2C1=O. The zero-order valence-corrected chi connectivity index (χ0v) is 10.9. The van der Waals surface area contributed by atoms with Gasteiger partial charge < -0.3 is 4.84 Å².